The molecule has 0 amide bonds. The fourth-order valence-electron chi connectivity index (χ4n) is 3.51. The van der Waals surface area contributed by atoms with E-state index in [2.05, 4.69) is 54.4 Å². The van der Waals surface area contributed by atoms with E-state index in [1.54, 1.807) is 0 Å². The predicted octanol–water partition coefficient (Wildman–Crippen LogP) is 4.07. The molecule has 2 atom stereocenters. The van der Waals surface area contributed by atoms with Crippen LogP contribution in [-0.4, -0.2) is 30.6 Å². The van der Waals surface area contributed by atoms with Gasteiger partial charge >= 0.3 is 0 Å². The highest BCUT2D eigenvalue weighted by atomic mass is 15.2. The quantitative estimate of drug-likeness (QED) is 0.776. The van der Waals surface area contributed by atoms with Crippen LogP contribution < -0.4 is 5.32 Å². The smallest absolute Gasteiger partial charge is 0.0208 e. The van der Waals surface area contributed by atoms with Gasteiger partial charge in [0.25, 0.3) is 0 Å². The summed E-state index contributed by atoms with van der Waals surface area (Å²) in [5, 5.41) is 3.79. The zero-order valence-electron chi connectivity index (χ0n) is 13.9. The Kier molecular flexibility index (Phi) is 7.25. The van der Waals surface area contributed by atoms with Gasteiger partial charge in [-0.2, -0.15) is 0 Å². The molecule has 0 bridgehead atoms. The Bertz CT molecular complexity index is 376. The van der Waals surface area contributed by atoms with Crippen LogP contribution in [0.2, 0.25) is 0 Å². The first-order chi connectivity index (χ1) is 10.3. The normalized spacial score (nSPS) is 23.3. The summed E-state index contributed by atoms with van der Waals surface area (Å²) in [7, 11) is 0. The molecule has 0 aromatic heterocycles. The second-order valence-corrected chi connectivity index (χ2v) is 6.57. The van der Waals surface area contributed by atoms with Crippen LogP contribution in [0, 0.1) is 5.92 Å². The van der Waals surface area contributed by atoms with Crippen molar-refractivity contribution in [1.82, 2.24) is 10.2 Å². The molecule has 2 heteroatoms. The topological polar surface area (TPSA) is 15.3 Å². The molecule has 1 aromatic carbocycles. The fourth-order valence-corrected chi connectivity index (χ4v) is 3.51. The van der Waals surface area contributed by atoms with E-state index in [-0.39, 0.29) is 0 Å². The van der Waals surface area contributed by atoms with E-state index >= 15 is 0 Å². The minimum atomic E-state index is 0.660. The molecule has 2 nitrogen and oxygen atoms in total. The van der Waals surface area contributed by atoms with Crippen LogP contribution in [0.3, 0.4) is 0 Å². The van der Waals surface area contributed by atoms with Crippen molar-refractivity contribution in [3.8, 4) is 0 Å². The molecule has 2 rings (SSSR count). The second kappa shape index (κ2) is 9.22. The SMILES string of the molecule is CCCCC1CC(NCc2ccccc2)CN(CCC)C1. The summed E-state index contributed by atoms with van der Waals surface area (Å²) in [6.45, 7) is 9.40. The Labute approximate surface area is 130 Å². The Morgan fingerprint density at radius 1 is 1.10 bits per heavy atom. The number of hydrogen-bond donors (Lipinski definition) is 1. The van der Waals surface area contributed by atoms with Gasteiger partial charge in [0.2, 0.25) is 0 Å². The van der Waals surface area contributed by atoms with Crippen molar-refractivity contribution in [2.75, 3.05) is 19.6 Å². The highest BCUT2D eigenvalue weighted by Gasteiger charge is 2.25. The van der Waals surface area contributed by atoms with Crippen LogP contribution in [0.15, 0.2) is 30.3 Å². The van der Waals surface area contributed by atoms with E-state index in [0.717, 1.165) is 12.5 Å². The lowest BCUT2D eigenvalue weighted by atomic mass is 9.89. The zero-order chi connectivity index (χ0) is 14.9. The van der Waals surface area contributed by atoms with Gasteiger partial charge in [0.15, 0.2) is 0 Å². The van der Waals surface area contributed by atoms with Crippen LogP contribution >= 0.6 is 0 Å². The molecule has 118 valence electrons. The number of likely N-dealkylation sites (tertiary alicyclic amines) is 1. The monoisotopic (exact) mass is 288 g/mol. The molecule has 0 aliphatic carbocycles. The van der Waals surface area contributed by atoms with Crippen molar-refractivity contribution >= 4 is 0 Å². The van der Waals surface area contributed by atoms with Crippen molar-refractivity contribution in [2.24, 2.45) is 5.92 Å². The van der Waals surface area contributed by atoms with Gasteiger partial charge in [-0.3, -0.25) is 0 Å². The molecule has 1 N–H and O–H groups in total. The number of benzene rings is 1. The predicted molar refractivity (Wildman–Crippen MR) is 91.4 cm³/mol. The first-order valence-electron chi connectivity index (χ1n) is 8.81. The van der Waals surface area contributed by atoms with Crippen molar-refractivity contribution < 1.29 is 0 Å². The minimum Gasteiger partial charge on any atom is -0.309 e. The lowest BCUT2D eigenvalue weighted by Crippen LogP contribution is -2.49. The Morgan fingerprint density at radius 3 is 2.62 bits per heavy atom. The average Bonchev–Trinajstić information content (AvgIpc) is 2.52. The molecule has 1 fully saturated rings. The number of hydrogen-bond acceptors (Lipinski definition) is 2. The van der Waals surface area contributed by atoms with E-state index in [1.165, 1.54) is 57.3 Å². The maximum atomic E-state index is 3.79. The maximum absolute atomic E-state index is 3.79. The van der Waals surface area contributed by atoms with E-state index in [9.17, 15) is 0 Å². The molecule has 2 unspecified atom stereocenters. The van der Waals surface area contributed by atoms with E-state index in [4.69, 9.17) is 0 Å². The molecule has 21 heavy (non-hydrogen) atoms. The van der Waals surface area contributed by atoms with Gasteiger partial charge in [-0.1, -0.05) is 57.0 Å². The Morgan fingerprint density at radius 2 is 1.90 bits per heavy atom. The minimum absolute atomic E-state index is 0.660. The molecule has 1 heterocycles. The van der Waals surface area contributed by atoms with Crippen LogP contribution in [-0.2, 0) is 6.54 Å². The van der Waals surface area contributed by atoms with Crippen LogP contribution in [0.1, 0.15) is 51.5 Å². The Hall–Kier alpha value is -0.860. The van der Waals surface area contributed by atoms with Gasteiger partial charge < -0.3 is 10.2 Å². The molecule has 0 saturated carbocycles. The molecule has 1 saturated heterocycles. The number of unbranched alkanes of at least 4 members (excludes halogenated alkanes) is 1. The summed E-state index contributed by atoms with van der Waals surface area (Å²) < 4.78 is 0. The Balaban J connectivity index is 1.84. The second-order valence-electron chi connectivity index (χ2n) is 6.57. The molecular weight excluding hydrogens is 256 g/mol. The number of piperidine rings is 1. The zero-order valence-corrected chi connectivity index (χ0v) is 13.9. The third kappa shape index (κ3) is 5.80. The van der Waals surface area contributed by atoms with Gasteiger partial charge in [0, 0.05) is 25.7 Å². The summed E-state index contributed by atoms with van der Waals surface area (Å²) in [5.41, 5.74) is 1.40. The van der Waals surface area contributed by atoms with Crippen LogP contribution in [0.4, 0.5) is 0 Å². The third-order valence-corrected chi connectivity index (χ3v) is 4.56. The molecule has 1 aromatic rings. The van der Waals surface area contributed by atoms with Crippen molar-refractivity contribution in [2.45, 2.75) is 58.5 Å². The van der Waals surface area contributed by atoms with Crippen molar-refractivity contribution in [3.05, 3.63) is 35.9 Å². The number of nitrogens with one attached hydrogen (secondary N) is 1. The summed E-state index contributed by atoms with van der Waals surface area (Å²) in [6, 6.07) is 11.4. The van der Waals surface area contributed by atoms with E-state index < -0.39 is 0 Å². The average molecular weight is 288 g/mol. The molecule has 1 aliphatic rings. The highest BCUT2D eigenvalue weighted by molar-refractivity contribution is 5.14. The first kappa shape index (κ1) is 16.5. The third-order valence-electron chi connectivity index (χ3n) is 4.56. The maximum Gasteiger partial charge on any atom is 0.0208 e. The lowest BCUT2D eigenvalue weighted by molar-refractivity contribution is 0.134. The number of rotatable bonds is 8. The highest BCUT2D eigenvalue weighted by Crippen LogP contribution is 2.22. The molecule has 0 spiro atoms. The fraction of sp³-hybridized carbons (Fsp3) is 0.684. The van der Waals surface area contributed by atoms with Gasteiger partial charge in [0.1, 0.15) is 0 Å². The summed E-state index contributed by atoms with van der Waals surface area (Å²) in [5.74, 6) is 0.888. The van der Waals surface area contributed by atoms with Gasteiger partial charge in [-0.15, -0.1) is 0 Å². The number of nitrogens with zero attached hydrogens (tertiary/aromatic N) is 1. The van der Waals surface area contributed by atoms with Crippen molar-refractivity contribution in [3.63, 3.8) is 0 Å². The first-order valence-corrected chi connectivity index (χ1v) is 8.81. The van der Waals surface area contributed by atoms with E-state index in [1.807, 2.05) is 0 Å². The molecular formula is C19H32N2. The summed E-state index contributed by atoms with van der Waals surface area (Å²) >= 11 is 0. The molecule has 0 radical (unpaired) electrons. The van der Waals surface area contributed by atoms with Gasteiger partial charge in [-0.05, 0) is 37.3 Å². The summed E-state index contributed by atoms with van der Waals surface area (Å²) in [6.07, 6.45) is 6.74. The lowest BCUT2D eigenvalue weighted by Gasteiger charge is -2.38. The standard InChI is InChI=1S/C19H32N2/c1-3-5-9-18-13-19(16-21(15-18)12-4-2)20-14-17-10-7-6-8-11-17/h6-8,10-11,18-20H,3-5,9,12-16H2,1-2H3. The van der Waals surface area contributed by atoms with Gasteiger partial charge in [0.05, 0.1) is 0 Å². The molecule has 1 aliphatic heterocycles. The van der Waals surface area contributed by atoms with E-state index in [0.29, 0.717) is 6.04 Å². The summed E-state index contributed by atoms with van der Waals surface area (Å²) in [4.78, 5) is 2.67. The van der Waals surface area contributed by atoms with Crippen LogP contribution in [0.25, 0.3) is 0 Å². The van der Waals surface area contributed by atoms with Crippen LogP contribution in [0.5, 0.6) is 0 Å². The van der Waals surface area contributed by atoms with Gasteiger partial charge in [-0.25, -0.2) is 0 Å². The largest absolute Gasteiger partial charge is 0.309 e. The van der Waals surface area contributed by atoms with Crippen molar-refractivity contribution in [1.29, 1.82) is 0 Å².